The number of carbonyl (C=O) groups is 1. The normalized spacial score (nSPS) is 14.0. The van der Waals surface area contributed by atoms with Crippen molar-refractivity contribution in [3.8, 4) is 0 Å². The third kappa shape index (κ3) is 4.09. The van der Waals surface area contributed by atoms with Crippen molar-refractivity contribution in [3.63, 3.8) is 0 Å². The van der Waals surface area contributed by atoms with E-state index in [2.05, 4.69) is 25.2 Å². The Labute approximate surface area is 164 Å². The molecule has 2 aromatic heterocycles. The molecule has 3 heterocycles. The molecule has 3 aromatic rings. The van der Waals surface area contributed by atoms with Crippen LogP contribution in [0.5, 0.6) is 0 Å². The molecule has 0 unspecified atom stereocenters. The molecule has 0 saturated carbocycles. The summed E-state index contributed by atoms with van der Waals surface area (Å²) in [6, 6.07) is 17.3. The van der Waals surface area contributed by atoms with Gasteiger partial charge >= 0.3 is 0 Å². The van der Waals surface area contributed by atoms with E-state index >= 15 is 0 Å². The van der Waals surface area contributed by atoms with Crippen molar-refractivity contribution in [2.75, 3.05) is 36.4 Å². The van der Waals surface area contributed by atoms with E-state index in [0.717, 1.165) is 24.6 Å². The minimum Gasteiger partial charge on any atom is -0.353 e. The van der Waals surface area contributed by atoms with Crippen LogP contribution in [0.4, 0.5) is 17.3 Å². The SMILES string of the molecule is Cc1nc(Nc2ccccc2)cc(C(=O)N2CCN(c3ccccn3)CC2)n1. The number of para-hydroxylation sites is 1. The fraction of sp³-hybridized carbons (Fsp3) is 0.238. The van der Waals surface area contributed by atoms with E-state index < -0.39 is 0 Å². The summed E-state index contributed by atoms with van der Waals surface area (Å²) in [6.45, 7) is 4.58. The lowest BCUT2D eigenvalue weighted by Crippen LogP contribution is -2.49. The van der Waals surface area contributed by atoms with Gasteiger partial charge in [-0.05, 0) is 31.2 Å². The molecule has 1 fully saturated rings. The number of nitrogens with zero attached hydrogens (tertiary/aromatic N) is 5. The van der Waals surface area contributed by atoms with E-state index in [9.17, 15) is 4.79 Å². The Bertz CT molecular complexity index is 940. The first-order chi connectivity index (χ1) is 13.7. The van der Waals surface area contributed by atoms with Crippen LogP contribution in [0.2, 0.25) is 0 Å². The van der Waals surface area contributed by atoms with Gasteiger partial charge in [-0.25, -0.2) is 15.0 Å². The number of nitrogens with one attached hydrogen (secondary N) is 1. The molecule has 7 nitrogen and oxygen atoms in total. The lowest BCUT2D eigenvalue weighted by atomic mass is 10.2. The van der Waals surface area contributed by atoms with Crippen molar-refractivity contribution < 1.29 is 4.79 Å². The van der Waals surface area contributed by atoms with Gasteiger partial charge in [0.1, 0.15) is 23.2 Å². The zero-order chi connectivity index (χ0) is 19.3. The predicted molar refractivity (Wildman–Crippen MR) is 109 cm³/mol. The second-order valence-corrected chi connectivity index (χ2v) is 6.64. The van der Waals surface area contributed by atoms with Crippen LogP contribution in [0.3, 0.4) is 0 Å². The number of anilines is 3. The van der Waals surface area contributed by atoms with Gasteiger partial charge in [0.05, 0.1) is 0 Å². The Morgan fingerprint density at radius 2 is 1.71 bits per heavy atom. The van der Waals surface area contributed by atoms with E-state index in [1.165, 1.54) is 0 Å². The average Bonchev–Trinajstić information content (AvgIpc) is 2.74. The molecule has 0 aliphatic carbocycles. The van der Waals surface area contributed by atoms with Gasteiger partial charge in [-0.2, -0.15) is 0 Å². The van der Waals surface area contributed by atoms with E-state index in [4.69, 9.17) is 0 Å². The van der Waals surface area contributed by atoms with Crippen molar-refractivity contribution >= 4 is 23.2 Å². The van der Waals surface area contributed by atoms with Gasteiger partial charge in [-0.15, -0.1) is 0 Å². The first-order valence-electron chi connectivity index (χ1n) is 9.32. The zero-order valence-corrected chi connectivity index (χ0v) is 15.7. The standard InChI is InChI=1S/C21H22N6O/c1-16-23-18(15-19(24-16)25-17-7-3-2-4-8-17)21(28)27-13-11-26(12-14-27)20-9-5-6-10-22-20/h2-10,15H,11-14H2,1H3,(H,23,24,25). The van der Waals surface area contributed by atoms with Crippen LogP contribution in [-0.2, 0) is 0 Å². The number of piperazine rings is 1. The highest BCUT2D eigenvalue weighted by atomic mass is 16.2. The molecular formula is C21H22N6O. The predicted octanol–water partition coefficient (Wildman–Crippen LogP) is 2.89. The topological polar surface area (TPSA) is 74.2 Å². The molecule has 1 saturated heterocycles. The molecule has 7 heteroatoms. The molecule has 0 bridgehead atoms. The van der Waals surface area contributed by atoms with Crippen LogP contribution in [0.1, 0.15) is 16.3 Å². The van der Waals surface area contributed by atoms with Crippen LogP contribution in [-0.4, -0.2) is 51.9 Å². The van der Waals surface area contributed by atoms with Crippen molar-refractivity contribution in [2.24, 2.45) is 0 Å². The second-order valence-electron chi connectivity index (χ2n) is 6.64. The highest BCUT2D eigenvalue weighted by Gasteiger charge is 2.24. The summed E-state index contributed by atoms with van der Waals surface area (Å²) in [5.41, 5.74) is 1.33. The van der Waals surface area contributed by atoms with E-state index in [-0.39, 0.29) is 5.91 Å². The zero-order valence-electron chi connectivity index (χ0n) is 15.7. The Morgan fingerprint density at radius 1 is 0.964 bits per heavy atom. The first kappa shape index (κ1) is 17.9. The summed E-state index contributed by atoms with van der Waals surface area (Å²) in [6.07, 6.45) is 1.79. The number of hydrogen-bond donors (Lipinski definition) is 1. The third-order valence-corrected chi connectivity index (χ3v) is 4.64. The van der Waals surface area contributed by atoms with Crippen LogP contribution < -0.4 is 10.2 Å². The number of aryl methyl sites for hydroxylation is 1. The molecular weight excluding hydrogens is 352 g/mol. The lowest BCUT2D eigenvalue weighted by Gasteiger charge is -2.35. The molecule has 28 heavy (non-hydrogen) atoms. The summed E-state index contributed by atoms with van der Waals surface area (Å²) >= 11 is 0. The Morgan fingerprint density at radius 3 is 2.43 bits per heavy atom. The Kier molecular flexibility index (Phi) is 5.14. The van der Waals surface area contributed by atoms with E-state index in [1.54, 1.807) is 19.2 Å². The number of benzene rings is 1. The number of pyridine rings is 1. The highest BCUT2D eigenvalue weighted by Crippen LogP contribution is 2.17. The number of aromatic nitrogens is 3. The first-order valence-corrected chi connectivity index (χ1v) is 9.32. The smallest absolute Gasteiger partial charge is 0.272 e. The monoisotopic (exact) mass is 374 g/mol. The van der Waals surface area contributed by atoms with Gasteiger partial charge in [-0.3, -0.25) is 4.79 Å². The summed E-state index contributed by atoms with van der Waals surface area (Å²) in [4.78, 5) is 30.2. The largest absolute Gasteiger partial charge is 0.353 e. The molecule has 1 N–H and O–H groups in total. The number of amides is 1. The Hall–Kier alpha value is -3.48. The van der Waals surface area contributed by atoms with Crippen LogP contribution in [0, 0.1) is 6.92 Å². The maximum atomic E-state index is 13.0. The molecule has 142 valence electrons. The molecule has 0 atom stereocenters. The van der Waals surface area contributed by atoms with Gasteiger partial charge in [0.2, 0.25) is 0 Å². The molecule has 0 radical (unpaired) electrons. The molecule has 0 spiro atoms. The maximum Gasteiger partial charge on any atom is 0.272 e. The second kappa shape index (κ2) is 8.04. The lowest BCUT2D eigenvalue weighted by molar-refractivity contribution is 0.0740. The molecule has 1 aliphatic rings. The summed E-state index contributed by atoms with van der Waals surface area (Å²) < 4.78 is 0. The van der Waals surface area contributed by atoms with E-state index in [0.29, 0.717) is 30.4 Å². The molecule has 1 aromatic carbocycles. The fourth-order valence-electron chi connectivity index (χ4n) is 3.25. The molecule has 4 rings (SSSR count). The van der Waals surface area contributed by atoms with Gasteiger partial charge in [-0.1, -0.05) is 24.3 Å². The van der Waals surface area contributed by atoms with Crippen molar-refractivity contribution in [1.82, 2.24) is 19.9 Å². The fourth-order valence-corrected chi connectivity index (χ4v) is 3.25. The van der Waals surface area contributed by atoms with E-state index in [1.807, 2.05) is 53.4 Å². The van der Waals surface area contributed by atoms with Gasteiger partial charge in [0.15, 0.2) is 0 Å². The average molecular weight is 374 g/mol. The number of rotatable bonds is 4. The number of hydrogen-bond acceptors (Lipinski definition) is 6. The van der Waals surface area contributed by atoms with Crippen molar-refractivity contribution in [3.05, 3.63) is 72.3 Å². The summed E-state index contributed by atoms with van der Waals surface area (Å²) in [5.74, 6) is 2.06. The molecule has 1 aliphatic heterocycles. The van der Waals surface area contributed by atoms with Gasteiger partial charge in [0.25, 0.3) is 5.91 Å². The minimum atomic E-state index is -0.0673. The van der Waals surface area contributed by atoms with Crippen molar-refractivity contribution in [1.29, 1.82) is 0 Å². The molecule has 1 amide bonds. The van der Waals surface area contributed by atoms with Gasteiger partial charge in [0, 0.05) is 44.1 Å². The third-order valence-electron chi connectivity index (χ3n) is 4.64. The van der Waals surface area contributed by atoms with Crippen LogP contribution in [0.25, 0.3) is 0 Å². The van der Waals surface area contributed by atoms with Gasteiger partial charge < -0.3 is 15.1 Å². The number of carbonyl (C=O) groups excluding carboxylic acids is 1. The van der Waals surface area contributed by atoms with Crippen molar-refractivity contribution in [2.45, 2.75) is 6.92 Å². The highest BCUT2D eigenvalue weighted by molar-refractivity contribution is 5.93. The Balaban J connectivity index is 1.45. The summed E-state index contributed by atoms with van der Waals surface area (Å²) in [5, 5.41) is 3.23. The van der Waals surface area contributed by atoms with Crippen LogP contribution in [0.15, 0.2) is 60.8 Å². The quantitative estimate of drug-likeness (QED) is 0.757. The maximum absolute atomic E-state index is 13.0. The minimum absolute atomic E-state index is 0.0673. The summed E-state index contributed by atoms with van der Waals surface area (Å²) in [7, 11) is 0. The van der Waals surface area contributed by atoms with Crippen LogP contribution >= 0.6 is 0 Å².